The van der Waals surface area contributed by atoms with Crippen LogP contribution in [0.25, 0.3) is 0 Å². The van der Waals surface area contributed by atoms with E-state index in [0.717, 1.165) is 16.9 Å². The first kappa shape index (κ1) is 20.3. The Hall–Kier alpha value is -2.00. The fourth-order valence-electron chi connectivity index (χ4n) is 2.78. The number of pyridine rings is 1. The Balaban J connectivity index is 2.07. The lowest BCUT2D eigenvalue weighted by Gasteiger charge is -2.19. The summed E-state index contributed by atoms with van der Waals surface area (Å²) in [6, 6.07) is 3.41. The topological polar surface area (TPSA) is 110 Å². The first-order chi connectivity index (χ1) is 12.2. The molecular formula is C17H25N3O5S. The number of carbonyl (C=O) groups is 2. The Morgan fingerprint density at radius 2 is 2.15 bits per heavy atom. The summed E-state index contributed by atoms with van der Waals surface area (Å²) in [6.07, 6.45) is 2.97. The number of rotatable bonds is 6. The standard InChI is InChI=1S/C17H25N3O5S/c1-13(2)8-9-16(22)18-14-6-5-10-19(12-15(14)21)26(24,25)17-7-3-4-11-20(17)23/h3-4,7,11,13-14H,5-6,8-10,12H2,1-2H3,(H,18,22)/t14-/m0/s1. The normalized spacial score (nSPS) is 19.3. The third kappa shape index (κ3) is 5.01. The molecule has 1 aromatic rings. The lowest BCUT2D eigenvalue weighted by atomic mass is 10.1. The Morgan fingerprint density at radius 1 is 1.42 bits per heavy atom. The van der Waals surface area contributed by atoms with Gasteiger partial charge in [0, 0.05) is 25.1 Å². The van der Waals surface area contributed by atoms with Crippen LogP contribution in [0.2, 0.25) is 0 Å². The van der Waals surface area contributed by atoms with Gasteiger partial charge in [0.25, 0.3) is 0 Å². The fraction of sp³-hybridized carbons (Fsp3) is 0.588. The number of hydrogen-bond donors (Lipinski definition) is 1. The number of amides is 1. The van der Waals surface area contributed by atoms with Crippen LogP contribution in [0.3, 0.4) is 0 Å². The highest BCUT2D eigenvalue weighted by Crippen LogP contribution is 2.17. The quantitative estimate of drug-likeness (QED) is 0.571. The molecular weight excluding hydrogens is 358 g/mol. The molecule has 9 heteroatoms. The Kier molecular flexibility index (Phi) is 6.71. The van der Waals surface area contributed by atoms with Crippen molar-refractivity contribution in [2.75, 3.05) is 13.1 Å². The molecule has 2 rings (SSSR count). The van der Waals surface area contributed by atoms with Crippen LogP contribution >= 0.6 is 0 Å². The average molecular weight is 383 g/mol. The van der Waals surface area contributed by atoms with Crippen LogP contribution in [-0.4, -0.2) is 43.5 Å². The molecule has 2 heterocycles. The SMILES string of the molecule is CC(C)CCC(=O)N[C@H]1CCCN(S(=O)(=O)c2cccc[n+]2[O-])CC1=O. The minimum atomic E-state index is -4.07. The van der Waals surface area contributed by atoms with Gasteiger partial charge in [-0.1, -0.05) is 13.8 Å². The smallest absolute Gasteiger partial charge is 0.323 e. The molecule has 1 saturated heterocycles. The maximum absolute atomic E-state index is 12.7. The molecule has 0 bridgehead atoms. The van der Waals surface area contributed by atoms with Crippen molar-refractivity contribution in [2.24, 2.45) is 5.92 Å². The van der Waals surface area contributed by atoms with E-state index in [2.05, 4.69) is 5.32 Å². The number of nitrogens with one attached hydrogen (secondary N) is 1. The van der Waals surface area contributed by atoms with Crippen LogP contribution < -0.4 is 10.0 Å². The van der Waals surface area contributed by atoms with Gasteiger partial charge in [-0.15, -0.1) is 0 Å². The van der Waals surface area contributed by atoms with Crippen molar-refractivity contribution in [3.63, 3.8) is 0 Å². The van der Waals surface area contributed by atoms with Crippen molar-refractivity contribution in [3.8, 4) is 0 Å². The van der Waals surface area contributed by atoms with Crippen LogP contribution in [0.4, 0.5) is 0 Å². The van der Waals surface area contributed by atoms with E-state index in [4.69, 9.17) is 0 Å². The molecule has 0 aromatic carbocycles. The zero-order valence-corrected chi connectivity index (χ0v) is 15.9. The van der Waals surface area contributed by atoms with Crippen LogP contribution in [0, 0.1) is 11.1 Å². The Labute approximate surface area is 153 Å². The predicted octanol–water partition coefficient (Wildman–Crippen LogP) is 0.595. The summed E-state index contributed by atoms with van der Waals surface area (Å²) >= 11 is 0. The minimum Gasteiger partial charge on any atom is -0.618 e. The zero-order chi connectivity index (χ0) is 19.3. The second kappa shape index (κ2) is 8.59. The molecule has 144 valence electrons. The van der Waals surface area contributed by atoms with E-state index in [1.165, 1.54) is 18.2 Å². The highest BCUT2D eigenvalue weighted by Gasteiger charge is 2.36. The summed E-state index contributed by atoms with van der Waals surface area (Å²) in [5, 5.41) is 14.1. The van der Waals surface area contributed by atoms with Gasteiger partial charge in [0.2, 0.25) is 5.91 Å². The third-order valence-corrected chi connectivity index (χ3v) is 6.13. The number of aromatic nitrogens is 1. The van der Waals surface area contributed by atoms with Crippen LogP contribution in [0.5, 0.6) is 0 Å². The van der Waals surface area contributed by atoms with Crippen molar-refractivity contribution in [2.45, 2.75) is 50.6 Å². The third-order valence-electron chi connectivity index (χ3n) is 4.30. The van der Waals surface area contributed by atoms with E-state index < -0.39 is 21.1 Å². The van der Waals surface area contributed by atoms with Gasteiger partial charge in [0.1, 0.15) is 0 Å². The van der Waals surface area contributed by atoms with Crippen molar-refractivity contribution in [1.82, 2.24) is 9.62 Å². The highest BCUT2D eigenvalue weighted by molar-refractivity contribution is 7.89. The second-order valence-corrected chi connectivity index (χ2v) is 8.75. The molecule has 0 spiro atoms. The molecule has 1 N–H and O–H groups in total. The fourth-order valence-corrected chi connectivity index (χ4v) is 4.25. The molecule has 0 radical (unpaired) electrons. The summed E-state index contributed by atoms with van der Waals surface area (Å²) in [5.41, 5.74) is 0. The molecule has 1 aromatic heterocycles. The number of hydrogen-bond acceptors (Lipinski definition) is 5. The summed E-state index contributed by atoms with van der Waals surface area (Å²) in [4.78, 5) is 24.4. The molecule has 1 aliphatic heterocycles. The molecule has 0 saturated carbocycles. The van der Waals surface area contributed by atoms with Gasteiger partial charge in [0.05, 0.1) is 12.6 Å². The number of Topliss-reactive ketones (excluding diaryl/α,β-unsaturated/α-hetero) is 1. The minimum absolute atomic E-state index is 0.126. The summed E-state index contributed by atoms with van der Waals surface area (Å²) in [6.45, 7) is 3.80. The zero-order valence-electron chi connectivity index (χ0n) is 15.1. The van der Waals surface area contributed by atoms with E-state index in [-0.39, 0.29) is 29.5 Å². The predicted molar refractivity (Wildman–Crippen MR) is 94.4 cm³/mol. The number of ketones is 1. The van der Waals surface area contributed by atoms with Gasteiger partial charge < -0.3 is 10.5 Å². The van der Waals surface area contributed by atoms with Gasteiger partial charge in [-0.25, -0.2) is 8.42 Å². The van der Waals surface area contributed by atoms with E-state index in [9.17, 15) is 23.2 Å². The van der Waals surface area contributed by atoms with E-state index >= 15 is 0 Å². The second-order valence-electron chi connectivity index (χ2n) is 6.86. The lowest BCUT2D eigenvalue weighted by Crippen LogP contribution is -2.46. The first-order valence-electron chi connectivity index (χ1n) is 8.72. The molecule has 1 amide bonds. The van der Waals surface area contributed by atoms with E-state index in [1.807, 2.05) is 13.8 Å². The summed E-state index contributed by atoms with van der Waals surface area (Å²) < 4.78 is 26.6. The van der Waals surface area contributed by atoms with Crippen molar-refractivity contribution in [3.05, 3.63) is 29.6 Å². The van der Waals surface area contributed by atoms with E-state index in [0.29, 0.717) is 25.2 Å². The number of carbonyl (C=O) groups excluding carboxylic acids is 2. The molecule has 1 atom stereocenters. The van der Waals surface area contributed by atoms with Gasteiger partial charge in [-0.3, -0.25) is 9.59 Å². The molecule has 26 heavy (non-hydrogen) atoms. The van der Waals surface area contributed by atoms with Crippen molar-refractivity contribution in [1.29, 1.82) is 0 Å². The van der Waals surface area contributed by atoms with Gasteiger partial charge in [-0.05, 0) is 31.2 Å². The molecule has 0 unspecified atom stereocenters. The molecule has 8 nitrogen and oxygen atoms in total. The first-order valence-corrected chi connectivity index (χ1v) is 10.2. The summed E-state index contributed by atoms with van der Waals surface area (Å²) in [7, 11) is -4.07. The average Bonchev–Trinajstić information content (AvgIpc) is 2.76. The van der Waals surface area contributed by atoms with Crippen LogP contribution in [-0.2, 0) is 19.6 Å². The Morgan fingerprint density at radius 3 is 2.81 bits per heavy atom. The maximum atomic E-state index is 12.7. The van der Waals surface area contributed by atoms with Gasteiger partial charge in [-0.2, -0.15) is 9.04 Å². The number of nitrogens with zero attached hydrogens (tertiary/aromatic N) is 2. The van der Waals surface area contributed by atoms with Crippen molar-refractivity contribution >= 4 is 21.7 Å². The molecule has 1 fully saturated rings. The van der Waals surface area contributed by atoms with E-state index in [1.54, 1.807) is 0 Å². The van der Waals surface area contributed by atoms with Crippen LogP contribution in [0.15, 0.2) is 29.4 Å². The lowest BCUT2D eigenvalue weighted by molar-refractivity contribution is -0.646. The van der Waals surface area contributed by atoms with Gasteiger partial charge >= 0.3 is 15.0 Å². The van der Waals surface area contributed by atoms with Gasteiger partial charge in [0.15, 0.2) is 12.0 Å². The Bertz CT molecular complexity index is 763. The van der Waals surface area contributed by atoms with Crippen molar-refractivity contribution < 1.29 is 22.7 Å². The monoisotopic (exact) mass is 383 g/mol. The highest BCUT2D eigenvalue weighted by atomic mass is 32.2. The number of sulfonamides is 1. The largest absolute Gasteiger partial charge is 0.618 e. The van der Waals surface area contributed by atoms with Crippen LogP contribution in [0.1, 0.15) is 39.5 Å². The maximum Gasteiger partial charge on any atom is 0.323 e. The summed E-state index contributed by atoms with van der Waals surface area (Å²) in [5.74, 6) is -0.179. The molecule has 0 aliphatic carbocycles. The molecule has 1 aliphatic rings.